The third kappa shape index (κ3) is 5.39. The Morgan fingerprint density at radius 1 is 1.03 bits per heavy atom. The molecule has 0 unspecified atom stereocenters. The molecule has 3 aromatic rings. The van der Waals surface area contributed by atoms with E-state index in [1.54, 1.807) is 0 Å². The predicted molar refractivity (Wildman–Crippen MR) is 147 cm³/mol. The zero-order valence-electron chi connectivity index (χ0n) is 21.4. The average molecular weight is 595 g/mol. The summed E-state index contributed by atoms with van der Waals surface area (Å²) in [6, 6.07) is 17.8. The quantitative estimate of drug-likeness (QED) is 0.308. The van der Waals surface area contributed by atoms with Crippen LogP contribution in [0.5, 0.6) is 0 Å². The largest absolute Gasteiger partial charge is 1.00 e. The summed E-state index contributed by atoms with van der Waals surface area (Å²) in [6.45, 7) is 13.4. The summed E-state index contributed by atoms with van der Waals surface area (Å²) in [6.07, 6.45) is 11.7. The number of allylic oxidation sites excluding steroid dienone is 4. The first-order valence-corrected chi connectivity index (χ1v) is 13.3. The van der Waals surface area contributed by atoms with Crippen LogP contribution >= 0.6 is 11.8 Å². The highest BCUT2D eigenvalue weighted by atomic mass is 127. The van der Waals surface area contributed by atoms with Gasteiger partial charge < -0.3 is 28.9 Å². The van der Waals surface area contributed by atoms with Crippen LogP contribution in [0, 0.1) is 12.3 Å². The van der Waals surface area contributed by atoms with Crippen molar-refractivity contribution in [3.63, 3.8) is 0 Å². The monoisotopic (exact) mass is 594 g/mol. The minimum absolute atomic E-state index is 0. The van der Waals surface area contributed by atoms with Gasteiger partial charge in [0, 0.05) is 23.6 Å². The van der Waals surface area contributed by atoms with Crippen molar-refractivity contribution in [3.05, 3.63) is 94.3 Å². The van der Waals surface area contributed by atoms with Gasteiger partial charge in [0.25, 0.3) is 0 Å². The Morgan fingerprint density at radius 2 is 1.83 bits per heavy atom. The van der Waals surface area contributed by atoms with Gasteiger partial charge in [0.1, 0.15) is 6.54 Å². The van der Waals surface area contributed by atoms with Gasteiger partial charge in [-0.2, -0.15) is 4.57 Å². The molecule has 0 atom stereocenters. The van der Waals surface area contributed by atoms with Gasteiger partial charge >= 0.3 is 0 Å². The minimum atomic E-state index is 0. The molecule has 5 rings (SSSR count). The molecule has 0 radical (unpaired) electrons. The lowest BCUT2D eigenvalue weighted by Gasteiger charge is -2.31. The topological polar surface area (TPSA) is 7.12 Å². The summed E-state index contributed by atoms with van der Waals surface area (Å²) in [7, 11) is 0. The van der Waals surface area contributed by atoms with Crippen molar-refractivity contribution < 1.29 is 28.5 Å². The van der Waals surface area contributed by atoms with Crippen LogP contribution in [0.15, 0.2) is 88.0 Å². The fraction of sp³-hybridized carbons (Fsp3) is 0.323. The number of hydrogen-bond acceptors (Lipinski definition) is 2. The number of rotatable bonds is 4. The van der Waals surface area contributed by atoms with E-state index in [0.717, 1.165) is 25.9 Å². The lowest BCUT2D eigenvalue weighted by molar-refractivity contribution is -0.693. The number of fused-ring (bicyclic) bond motifs is 2. The molecule has 0 saturated heterocycles. The standard InChI is InChI=1S/C31H35N2S.HI/c1-6-32-15-14-25-10-8-9-11-26(25)27(32)18-23-17-24(21-31(4,5)20-23)19-30-33(7-2)28-16-22(3)12-13-29(28)34-30;/h8-19H,6-7,20-21H2,1-5H3;1H/q+1;/p-1. The van der Waals surface area contributed by atoms with Gasteiger partial charge in [0.05, 0.1) is 16.1 Å². The molecule has 182 valence electrons. The molecule has 2 aromatic carbocycles. The number of aryl methyl sites for hydroxylation is 2. The lowest BCUT2D eigenvalue weighted by atomic mass is 9.75. The third-order valence-electron chi connectivity index (χ3n) is 6.89. The highest BCUT2D eigenvalue weighted by Gasteiger charge is 2.28. The van der Waals surface area contributed by atoms with Crippen molar-refractivity contribution >= 4 is 34.3 Å². The van der Waals surface area contributed by atoms with Crippen LogP contribution in [0.25, 0.3) is 16.8 Å². The second-order valence-corrected chi connectivity index (χ2v) is 11.4. The zero-order valence-corrected chi connectivity index (χ0v) is 24.4. The molecule has 0 N–H and O–H groups in total. The molecule has 0 fully saturated rings. The molecule has 4 heteroatoms. The van der Waals surface area contributed by atoms with Gasteiger partial charge in [-0.1, -0.05) is 56.0 Å². The molecule has 2 aliphatic rings. The van der Waals surface area contributed by atoms with E-state index in [1.807, 2.05) is 11.8 Å². The second-order valence-electron chi connectivity index (χ2n) is 10.3. The van der Waals surface area contributed by atoms with Crippen molar-refractivity contribution in [2.24, 2.45) is 5.41 Å². The van der Waals surface area contributed by atoms with Crippen LogP contribution in [-0.2, 0) is 6.54 Å². The lowest BCUT2D eigenvalue weighted by Crippen LogP contribution is -3.00. The van der Waals surface area contributed by atoms with Crippen molar-refractivity contribution in [2.75, 3.05) is 11.4 Å². The number of hydrogen-bond donors (Lipinski definition) is 0. The molecule has 0 saturated carbocycles. The molecule has 0 spiro atoms. The summed E-state index contributed by atoms with van der Waals surface area (Å²) in [5.74, 6) is 0. The Labute approximate surface area is 231 Å². The second kappa shape index (κ2) is 10.5. The maximum Gasteiger partial charge on any atom is 0.213 e. The van der Waals surface area contributed by atoms with E-state index in [-0.39, 0.29) is 29.4 Å². The van der Waals surface area contributed by atoms with Crippen LogP contribution in [0.4, 0.5) is 5.69 Å². The molecular weight excluding hydrogens is 559 g/mol. The van der Waals surface area contributed by atoms with Crippen LogP contribution < -0.4 is 33.4 Å². The number of benzene rings is 2. The SMILES string of the molecule is CCN1C(=CC2=CC(=Cc3c4ccccc4cc[n+]3CC)CC(C)(C)C2)Sc2ccc(C)cc21.[I-]. The minimum Gasteiger partial charge on any atom is -1.00 e. The van der Waals surface area contributed by atoms with Crippen molar-refractivity contribution in [3.8, 4) is 0 Å². The number of anilines is 1. The van der Waals surface area contributed by atoms with Crippen LogP contribution in [0.1, 0.15) is 51.8 Å². The van der Waals surface area contributed by atoms with Crippen LogP contribution in [0.2, 0.25) is 0 Å². The fourth-order valence-corrected chi connectivity index (χ4v) is 6.57. The first-order valence-electron chi connectivity index (χ1n) is 12.5. The van der Waals surface area contributed by atoms with E-state index in [2.05, 4.69) is 117 Å². The Bertz CT molecular complexity index is 1350. The first-order chi connectivity index (χ1) is 16.4. The summed E-state index contributed by atoms with van der Waals surface area (Å²) in [5, 5.41) is 3.97. The summed E-state index contributed by atoms with van der Waals surface area (Å²) < 4.78 is 2.37. The van der Waals surface area contributed by atoms with E-state index in [4.69, 9.17) is 0 Å². The molecular formula is C31H35IN2S. The number of pyridine rings is 1. The number of halogens is 1. The number of thioether (sulfide) groups is 1. The molecule has 1 aromatic heterocycles. The Kier molecular flexibility index (Phi) is 7.82. The Hall–Kier alpha value is -2.05. The summed E-state index contributed by atoms with van der Waals surface area (Å²) in [4.78, 5) is 3.83. The normalized spacial score (nSPS) is 19.1. The number of aromatic nitrogens is 1. The van der Waals surface area contributed by atoms with E-state index >= 15 is 0 Å². The molecule has 1 aliphatic heterocycles. The molecule has 35 heavy (non-hydrogen) atoms. The van der Waals surface area contributed by atoms with E-state index in [1.165, 1.54) is 48.8 Å². The van der Waals surface area contributed by atoms with Gasteiger partial charge in [-0.05, 0) is 85.4 Å². The van der Waals surface area contributed by atoms with Gasteiger partial charge in [0.15, 0.2) is 6.20 Å². The Balaban J connectivity index is 0.00000289. The average Bonchev–Trinajstić information content (AvgIpc) is 3.14. The van der Waals surface area contributed by atoms with Gasteiger partial charge in [-0.15, -0.1) is 0 Å². The van der Waals surface area contributed by atoms with Crippen LogP contribution in [-0.4, -0.2) is 6.54 Å². The van der Waals surface area contributed by atoms with E-state index < -0.39 is 0 Å². The van der Waals surface area contributed by atoms with Gasteiger partial charge in [-0.3, -0.25) is 0 Å². The zero-order chi connectivity index (χ0) is 23.9. The van der Waals surface area contributed by atoms with Gasteiger partial charge in [0.2, 0.25) is 5.69 Å². The van der Waals surface area contributed by atoms with Crippen molar-refractivity contribution in [1.29, 1.82) is 0 Å². The molecule has 2 nitrogen and oxygen atoms in total. The van der Waals surface area contributed by atoms with Gasteiger partial charge in [-0.25, -0.2) is 0 Å². The summed E-state index contributed by atoms with van der Waals surface area (Å²) in [5.41, 5.74) is 7.06. The third-order valence-corrected chi connectivity index (χ3v) is 8.00. The van der Waals surface area contributed by atoms with Crippen LogP contribution in [0.3, 0.4) is 0 Å². The van der Waals surface area contributed by atoms with Crippen molar-refractivity contribution in [2.45, 2.75) is 58.9 Å². The fourth-order valence-electron chi connectivity index (χ4n) is 5.39. The maximum absolute atomic E-state index is 2.47. The number of nitrogens with zero attached hydrogens (tertiary/aromatic N) is 2. The van der Waals surface area contributed by atoms with E-state index in [0.29, 0.717) is 0 Å². The Morgan fingerprint density at radius 3 is 2.60 bits per heavy atom. The van der Waals surface area contributed by atoms with E-state index in [9.17, 15) is 0 Å². The highest BCUT2D eigenvalue weighted by Crippen LogP contribution is 2.48. The molecule has 0 amide bonds. The van der Waals surface area contributed by atoms with Crippen molar-refractivity contribution in [1.82, 2.24) is 0 Å². The summed E-state index contributed by atoms with van der Waals surface area (Å²) >= 11 is 1.91. The predicted octanol–water partition coefficient (Wildman–Crippen LogP) is 5.06. The molecule has 1 aliphatic carbocycles. The highest BCUT2D eigenvalue weighted by molar-refractivity contribution is 8.03. The molecule has 0 bridgehead atoms. The maximum atomic E-state index is 2.47. The first kappa shape index (κ1) is 26.0. The molecule has 2 heterocycles. The smallest absolute Gasteiger partial charge is 0.213 e.